The molecule has 0 fully saturated rings. The second-order valence-corrected chi connectivity index (χ2v) is 5.12. The van der Waals surface area contributed by atoms with Crippen molar-refractivity contribution in [1.82, 2.24) is 10.3 Å². The van der Waals surface area contributed by atoms with Crippen LogP contribution < -0.4 is 5.32 Å². The summed E-state index contributed by atoms with van der Waals surface area (Å²) >= 11 is 6.19. The van der Waals surface area contributed by atoms with E-state index in [1.807, 2.05) is 32.0 Å². The number of rotatable bonds is 5. The van der Waals surface area contributed by atoms with Crippen molar-refractivity contribution in [3.05, 3.63) is 64.7 Å². The zero-order valence-corrected chi connectivity index (χ0v) is 12.4. The average Bonchev–Trinajstić information content (AvgIpc) is 2.46. The van der Waals surface area contributed by atoms with Crippen molar-refractivity contribution < 1.29 is 4.39 Å². The summed E-state index contributed by atoms with van der Waals surface area (Å²) in [4.78, 5) is 4.36. The minimum atomic E-state index is -0.286. The molecule has 1 aromatic heterocycles. The first-order valence-corrected chi connectivity index (χ1v) is 7.11. The van der Waals surface area contributed by atoms with E-state index in [-0.39, 0.29) is 17.8 Å². The Morgan fingerprint density at radius 2 is 2.05 bits per heavy atom. The summed E-state index contributed by atoms with van der Waals surface area (Å²) < 4.78 is 14.2. The Labute approximate surface area is 124 Å². The molecule has 2 unspecified atom stereocenters. The predicted octanol–water partition coefficient (Wildman–Crippen LogP) is 4.33. The molecule has 106 valence electrons. The normalized spacial score (nSPS) is 14.0. The van der Waals surface area contributed by atoms with Crippen molar-refractivity contribution in [3.63, 3.8) is 0 Å². The van der Waals surface area contributed by atoms with Gasteiger partial charge in [-0.25, -0.2) is 4.39 Å². The molecule has 0 aliphatic rings. The van der Waals surface area contributed by atoms with Crippen molar-refractivity contribution in [2.24, 2.45) is 0 Å². The van der Waals surface area contributed by atoms with E-state index in [4.69, 9.17) is 11.6 Å². The van der Waals surface area contributed by atoms with Gasteiger partial charge in [0.15, 0.2) is 0 Å². The molecule has 20 heavy (non-hydrogen) atoms. The lowest BCUT2D eigenvalue weighted by Gasteiger charge is -2.26. The third-order valence-electron chi connectivity index (χ3n) is 3.39. The van der Waals surface area contributed by atoms with E-state index in [1.54, 1.807) is 18.3 Å². The first kappa shape index (κ1) is 14.9. The van der Waals surface area contributed by atoms with E-state index in [2.05, 4.69) is 10.3 Å². The molecule has 0 saturated heterocycles. The van der Waals surface area contributed by atoms with Gasteiger partial charge in [0.2, 0.25) is 0 Å². The Hall–Kier alpha value is -1.45. The van der Waals surface area contributed by atoms with E-state index in [0.29, 0.717) is 10.6 Å². The number of nitrogens with one attached hydrogen (secondary N) is 1. The highest BCUT2D eigenvalue weighted by Crippen LogP contribution is 2.35. The van der Waals surface area contributed by atoms with Crippen LogP contribution in [0.1, 0.15) is 37.1 Å². The molecule has 0 bridgehead atoms. The van der Waals surface area contributed by atoms with Crippen LogP contribution >= 0.6 is 11.6 Å². The zero-order chi connectivity index (χ0) is 14.5. The van der Waals surface area contributed by atoms with Gasteiger partial charge in [-0.2, -0.15) is 0 Å². The summed E-state index contributed by atoms with van der Waals surface area (Å²) in [7, 11) is 0. The second kappa shape index (κ2) is 6.82. The van der Waals surface area contributed by atoms with Crippen molar-refractivity contribution in [2.75, 3.05) is 6.54 Å². The summed E-state index contributed by atoms with van der Waals surface area (Å²) in [6, 6.07) is 10.3. The smallest absolute Gasteiger partial charge is 0.129 e. The van der Waals surface area contributed by atoms with Gasteiger partial charge in [0.05, 0.1) is 0 Å². The van der Waals surface area contributed by atoms with Crippen LogP contribution in [0.4, 0.5) is 4.39 Å². The third kappa shape index (κ3) is 3.17. The van der Waals surface area contributed by atoms with E-state index in [1.165, 1.54) is 6.07 Å². The first-order chi connectivity index (χ1) is 9.65. The molecule has 0 saturated carbocycles. The predicted molar refractivity (Wildman–Crippen MR) is 80.5 cm³/mol. The molecule has 0 radical (unpaired) electrons. The molecule has 2 atom stereocenters. The number of hydrogen-bond acceptors (Lipinski definition) is 2. The summed E-state index contributed by atoms with van der Waals surface area (Å²) in [5.74, 6) is -0.267. The van der Waals surface area contributed by atoms with Crippen molar-refractivity contribution >= 4 is 11.6 Å². The van der Waals surface area contributed by atoms with Gasteiger partial charge in [0, 0.05) is 34.4 Å². The van der Waals surface area contributed by atoms with Crippen LogP contribution in [0.3, 0.4) is 0 Å². The number of likely N-dealkylation sites (N-methyl/N-ethyl adjacent to an activating group) is 1. The Kier molecular flexibility index (Phi) is 5.10. The van der Waals surface area contributed by atoms with Gasteiger partial charge in [-0.3, -0.25) is 4.98 Å². The molecule has 2 nitrogen and oxygen atoms in total. The Morgan fingerprint density at radius 1 is 1.25 bits per heavy atom. The van der Waals surface area contributed by atoms with Crippen molar-refractivity contribution in [3.8, 4) is 0 Å². The molecule has 4 heteroatoms. The summed E-state index contributed by atoms with van der Waals surface area (Å²) in [5, 5.41) is 3.76. The lowest BCUT2D eigenvalue weighted by Crippen LogP contribution is -2.27. The van der Waals surface area contributed by atoms with Gasteiger partial charge in [-0.1, -0.05) is 37.6 Å². The maximum absolute atomic E-state index is 14.2. The maximum Gasteiger partial charge on any atom is 0.129 e. The number of halogens is 2. The molecule has 2 rings (SSSR count). The largest absolute Gasteiger partial charge is 0.310 e. The lowest BCUT2D eigenvalue weighted by molar-refractivity contribution is 0.450. The van der Waals surface area contributed by atoms with Crippen LogP contribution in [0.15, 0.2) is 42.6 Å². The average molecular weight is 293 g/mol. The molecule has 1 aromatic carbocycles. The zero-order valence-electron chi connectivity index (χ0n) is 11.6. The molecular weight excluding hydrogens is 275 g/mol. The number of pyridine rings is 1. The van der Waals surface area contributed by atoms with Crippen LogP contribution in [-0.2, 0) is 0 Å². The first-order valence-electron chi connectivity index (χ1n) is 6.73. The molecule has 1 N–H and O–H groups in total. The van der Waals surface area contributed by atoms with Gasteiger partial charge in [-0.05, 0) is 30.8 Å². The van der Waals surface area contributed by atoms with Gasteiger partial charge < -0.3 is 5.32 Å². The SMILES string of the molecule is CCNC(c1c(F)cccc1Cl)C(C)c1ccccn1. The minimum absolute atomic E-state index is 0.0190. The molecule has 0 amide bonds. The molecule has 0 aliphatic heterocycles. The van der Waals surface area contributed by atoms with Gasteiger partial charge in [-0.15, -0.1) is 0 Å². The van der Waals surface area contributed by atoms with Crippen LogP contribution in [0.5, 0.6) is 0 Å². The van der Waals surface area contributed by atoms with Crippen LogP contribution in [-0.4, -0.2) is 11.5 Å². The molecule has 0 spiro atoms. The minimum Gasteiger partial charge on any atom is -0.310 e. The van der Waals surface area contributed by atoms with E-state index in [9.17, 15) is 4.39 Å². The lowest BCUT2D eigenvalue weighted by atomic mass is 9.91. The van der Waals surface area contributed by atoms with Gasteiger partial charge in [0.1, 0.15) is 5.82 Å². The van der Waals surface area contributed by atoms with E-state index in [0.717, 1.165) is 12.2 Å². The van der Waals surface area contributed by atoms with E-state index < -0.39 is 0 Å². The highest BCUT2D eigenvalue weighted by Gasteiger charge is 2.25. The van der Waals surface area contributed by atoms with Crippen LogP contribution in [0.25, 0.3) is 0 Å². The summed E-state index contributed by atoms with van der Waals surface area (Å²) in [5.41, 5.74) is 1.42. The van der Waals surface area contributed by atoms with Gasteiger partial charge in [0.25, 0.3) is 0 Å². The highest BCUT2D eigenvalue weighted by molar-refractivity contribution is 6.31. The third-order valence-corrected chi connectivity index (χ3v) is 3.72. The number of benzene rings is 1. The Morgan fingerprint density at radius 3 is 2.65 bits per heavy atom. The molecule has 0 aliphatic carbocycles. The number of hydrogen-bond donors (Lipinski definition) is 1. The van der Waals surface area contributed by atoms with E-state index >= 15 is 0 Å². The summed E-state index contributed by atoms with van der Waals surface area (Å²) in [6.45, 7) is 4.75. The fraction of sp³-hybridized carbons (Fsp3) is 0.312. The topological polar surface area (TPSA) is 24.9 Å². The van der Waals surface area contributed by atoms with Crippen LogP contribution in [0, 0.1) is 5.82 Å². The quantitative estimate of drug-likeness (QED) is 0.887. The van der Waals surface area contributed by atoms with Crippen molar-refractivity contribution in [1.29, 1.82) is 0 Å². The Balaban J connectivity index is 2.41. The number of nitrogens with zero attached hydrogens (tertiary/aromatic N) is 1. The standard InChI is InChI=1S/C16H18ClFN2/c1-3-19-16(11(2)14-9-4-5-10-20-14)15-12(17)7-6-8-13(15)18/h4-11,16,19H,3H2,1-2H3. The second-order valence-electron chi connectivity index (χ2n) is 4.71. The Bertz CT molecular complexity index is 539. The number of aromatic nitrogens is 1. The fourth-order valence-corrected chi connectivity index (χ4v) is 2.65. The highest BCUT2D eigenvalue weighted by atomic mass is 35.5. The molecule has 1 heterocycles. The fourth-order valence-electron chi connectivity index (χ4n) is 2.37. The maximum atomic E-state index is 14.2. The monoisotopic (exact) mass is 292 g/mol. The summed E-state index contributed by atoms with van der Waals surface area (Å²) in [6.07, 6.45) is 1.75. The van der Waals surface area contributed by atoms with Crippen LogP contribution in [0.2, 0.25) is 5.02 Å². The van der Waals surface area contributed by atoms with Gasteiger partial charge >= 0.3 is 0 Å². The molecule has 2 aromatic rings. The molecular formula is C16H18ClFN2. The van der Waals surface area contributed by atoms with Crippen molar-refractivity contribution in [2.45, 2.75) is 25.8 Å².